The molecule has 7 heteroatoms. The number of carbonyl (C=O) groups is 2. The third-order valence-corrected chi connectivity index (χ3v) is 4.70. The summed E-state index contributed by atoms with van der Waals surface area (Å²) in [5, 5.41) is 7.70. The lowest BCUT2D eigenvalue weighted by atomic mass is 10.1. The average molecular weight is 361 g/mol. The molecule has 0 spiro atoms. The lowest BCUT2D eigenvalue weighted by Gasteiger charge is -2.23. The predicted molar refractivity (Wildman–Crippen MR) is 103 cm³/mol. The standard InChI is InChI=1S/C20H19N5O2/c1-12-3-8-17-16(9-12)23-19-15(10-22-24(19)2)11-25(17)20(27)14-6-4-13(5-7-14)18(21)26/h3-10,23H,11H2,1-2H3,(H2,21,26). The zero-order valence-electron chi connectivity index (χ0n) is 15.1. The molecule has 4 rings (SSSR count). The van der Waals surface area contributed by atoms with Gasteiger partial charge in [0.1, 0.15) is 5.82 Å². The third kappa shape index (κ3) is 2.93. The van der Waals surface area contributed by atoms with Crippen LogP contribution in [0.25, 0.3) is 0 Å². The number of rotatable bonds is 2. The van der Waals surface area contributed by atoms with Crippen LogP contribution < -0.4 is 16.0 Å². The second-order valence-electron chi connectivity index (χ2n) is 6.62. The maximum absolute atomic E-state index is 13.3. The van der Waals surface area contributed by atoms with E-state index < -0.39 is 5.91 Å². The molecule has 0 radical (unpaired) electrons. The van der Waals surface area contributed by atoms with E-state index in [-0.39, 0.29) is 5.91 Å². The van der Waals surface area contributed by atoms with Gasteiger partial charge < -0.3 is 16.0 Å². The van der Waals surface area contributed by atoms with Crippen molar-refractivity contribution in [2.75, 3.05) is 10.2 Å². The van der Waals surface area contributed by atoms with Crippen LogP contribution in [0.15, 0.2) is 48.7 Å². The van der Waals surface area contributed by atoms with Crippen LogP contribution in [0.3, 0.4) is 0 Å². The van der Waals surface area contributed by atoms with Crippen molar-refractivity contribution in [2.45, 2.75) is 13.5 Å². The van der Waals surface area contributed by atoms with Gasteiger partial charge in [-0.25, -0.2) is 0 Å². The van der Waals surface area contributed by atoms with Crippen molar-refractivity contribution in [3.05, 3.63) is 70.9 Å². The van der Waals surface area contributed by atoms with E-state index in [0.29, 0.717) is 17.7 Å². The molecule has 1 aliphatic heterocycles. The van der Waals surface area contributed by atoms with Gasteiger partial charge in [0.25, 0.3) is 5.91 Å². The summed E-state index contributed by atoms with van der Waals surface area (Å²) in [6.45, 7) is 2.40. The minimum Gasteiger partial charge on any atom is -0.366 e. The molecule has 0 atom stereocenters. The van der Waals surface area contributed by atoms with Gasteiger partial charge in [0.2, 0.25) is 5.91 Å². The van der Waals surface area contributed by atoms with E-state index in [9.17, 15) is 9.59 Å². The number of amides is 2. The van der Waals surface area contributed by atoms with Crippen LogP contribution in [0.2, 0.25) is 0 Å². The van der Waals surface area contributed by atoms with E-state index in [1.807, 2.05) is 32.2 Å². The Morgan fingerprint density at radius 2 is 1.81 bits per heavy atom. The van der Waals surface area contributed by atoms with E-state index >= 15 is 0 Å². The molecule has 2 heterocycles. The normalized spacial score (nSPS) is 12.6. The molecule has 1 aromatic heterocycles. The first-order valence-electron chi connectivity index (χ1n) is 8.54. The topological polar surface area (TPSA) is 93.2 Å². The zero-order valence-corrected chi connectivity index (χ0v) is 15.1. The number of nitrogens with one attached hydrogen (secondary N) is 1. The van der Waals surface area contributed by atoms with Crippen molar-refractivity contribution in [1.82, 2.24) is 9.78 Å². The van der Waals surface area contributed by atoms with Crippen LogP contribution in [0, 0.1) is 6.92 Å². The number of anilines is 3. The molecular weight excluding hydrogens is 342 g/mol. The maximum atomic E-state index is 13.3. The van der Waals surface area contributed by atoms with E-state index in [2.05, 4.69) is 10.4 Å². The van der Waals surface area contributed by atoms with Crippen molar-refractivity contribution in [3.63, 3.8) is 0 Å². The molecule has 2 aromatic carbocycles. The highest BCUT2D eigenvalue weighted by Gasteiger charge is 2.26. The Hall–Kier alpha value is -3.61. The van der Waals surface area contributed by atoms with Crippen LogP contribution in [0.1, 0.15) is 31.8 Å². The Morgan fingerprint density at radius 1 is 1.11 bits per heavy atom. The quantitative estimate of drug-likeness (QED) is 0.734. The maximum Gasteiger partial charge on any atom is 0.258 e. The summed E-state index contributed by atoms with van der Waals surface area (Å²) in [5.74, 6) is 0.185. The zero-order chi connectivity index (χ0) is 19.1. The van der Waals surface area contributed by atoms with Crippen molar-refractivity contribution in [2.24, 2.45) is 12.8 Å². The average Bonchev–Trinajstić information content (AvgIpc) is 2.90. The van der Waals surface area contributed by atoms with Gasteiger partial charge in [-0.3, -0.25) is 14.3 Å². The minimum absolute atomic E-state index is 0.158. The van der Waals surface area contributed by atoms with Crippen molar-refractivity contribution in [1.29, 1.82) is 0 Å². The van der Waals surface area contributed by atoms with Gasteiger partial charge in [-0.05, 0) is 48.9 Å². The van der Waals surface area contributed by atoms with E-state index in [4.69, 9.17) is 5.73 Å². The van der Waals surface area contributed by atoms with Gasteiger partial charge in [-0.2, -0.15) is 5.10 Å². The predicted octanol–water partition coefficient (Wildman–Crippen LogP) is 2.73. The molecule has 0 unspecified atom stereocenters. The number of fused-ring (bicyclic) bond motifs is 2. The fraction of sp³-hybridized carbons (Fsp3) is 0.150. The summed E-state index contributed by atoms with van der Waals surface area (Å²) in [6.07, 6.45) is 1.76. The molecule has 0 saturated carbocycles. The van der Waals surface area contributed by atoms with Gasteiger partial charge in [0, 0.05) is 23.7 Å². The smallest absolute Gasteiger partial charge is 0.258 e. The molecule has 7 nitrogen and oxygen atoms in total. The molecule has 0 bridgehead atoms. The number of aryl methyl sites for hydroxylation is 2. The van der Waals surface area contributed by atoms with Gasteiger partial charge in [-0.1, -0.05) is 6.07 Å². The highest BCUT2D eigenvalue weighted by atomic mass is 16.2. The SMILES string of the molecule is Cc1ccc2c(c1)Nc1c(cnn1C)CN2C(=O)c1ccc(C(N)=O)cc1. The van der Waals surface area contributed by atoms with E-state index in [1.54, 1.807) is 40.0 Å². The molecule has 3 aromatic rings. The number of benzene rings is 2. The highest BCUT2D eigenvalue weighted by molar-refractivity contribution is 6.09. The third-order valence-electron chi connectivity index (χ3n) is 4.70. The summed E-state index contributed by atoms with van der Waals surface area (Å²) in [6, 6.07) is 12.3. The second kappa shape index (κ2) is 6.28. The van der Waals surface area contributed by atoms with Gasteiger partial charge in [0.05, 0.1) is 24.1 Å². The van der Waals surface area contributed by atoms with Crippen molar-refractivity contribution < 1.29 is 9.59 Å². The molecule has 0 aliphatic carbocycles. The second-order valence-corrected chi connectivity index (χ2v) is 6.62. The van der Waals surface area contributed by atoms with Gasteiger partial charge >= 0.3 is 0 Å². The van der Waals surface area contributed by atoms with E-state index in [1.165, 1.54) is 0 Å². The molecule has 1 aliphatic rings. The van der Waals surface area contributed by atoms with Crippen LogP contribution in [0.5, 0.6) is 0 Å². The Bertz CT molecular complexity index is 1050. The molecule has 27 heavy (non-hydrogen) atoms. The van der Waals surface area contributed by atoms with Crippen LogP contribution >= 0.6 is 0 Å². The summed E-state index contributed by atoms with van der Waals surface area (Å²) >= 11 is 0. The van der Waals surface area contributed by atoms with Gasteiger partial charge in [-0.15, -0.1) is 0 Å². The first kappa shape index (κ1) is 16.8. The number of nitrogens with zero attached hydrogens (tertiary/aromatic N) is 3. The van der Waals surface area contributed by atoms with Crippen LogP contribution in [-0.4, -0.2) is 21.6 Å². The lowest BCUT2D eigenvalue weighted by Crippen LogP contribution is -2.30. The van der Waals surface area contributed by atoms with Crippen molar-refractivity contribution in [3.8, 4) is 0 Å². The summed E-state index contributed by atoms with van der Waals surface area (Å²) < 4.78 is 1.76. The minimum atomic E-state index is -0.520. The molecule has 2 amide bonds. The molecular formula is C20H19N5O2. The van der Waals surface area contributed by atoms with E-state index in [0.717, 1.165) is 28.3 Å². The lowest BCUT2D eigenvalue weighted by molar-refractivity contribution is 0.0979. The number of nitrogens with two attached hydrogens (primary N) is 1. The van der Waals surface area contributed by atoms with Crippen molar-refractivity contribution >= 4 is 29.0 Å². The number of carbonyl (C=O) groups excluding carboxylic acids is 2. The molecule has 0 saturated heterocycles. The molecule has 136 valence electrons. The summed E-state index contributed by atoms with van der Waals surface area (Å²) in [7, 11) is 1.86. The fourth-order valence-electron chi connectivity index (χ4n) is 3.24. The Balaban J connectivity index is 1.79. The monoisotopic (exact) mass is 361 g/mol. The molecule has 0 fully saturated rings. The highest BCUT2D eigenvalue weighted by Crippen LogP contribution is 2.36. The fourth-order valence-corrected chi connectivity index (χ4v) is 3.24. The van der Waals surface area contributed by atoms with Gasteiger partial charge in [0.15, 0.2) is 0 Å². The first-order chi connectivity index (χ1) is 12.9. The number of hydrogen-bond donors (Lipinski definition) is 2. The number of aromatic nitrogens is 2. The first-order valence-corrected chi connectivity index (χ1v) is 8.54. The number of primary amides is 1. The van der Waals surface area contributed by atoms with Crippen LogP contribution in [0.4, 0.5) is 17.2 Å². The molecule has 3 N–H and O–H groups in total. The summed E-state index contributed by atoms with van der Waals surface area (Å²) in [4.78, 5) is 26.2. The Labute approximate surface area is 156 Å². The number of hydrogen-bond acceptors (Lipinski definition) is 4. The summed E-state index contributed by atoms with van der Waals surface area (Å²) in [5.41, 5.74) is 9.79. The largest absolute Gasteiger partial charge is 0.366 e. The Kier molecular flexibility index (Phi) is 3.92. The van der Waals surface area contributed by atoms with Crippen LogP contribution in [-0.2, 0) is 13.6 Å². The Morgan fingerprint density at radius 3 is 2.52 bits per heavy atom.